The number of rotatable bonds is 6. The molecule has 0 bridgehead atoms. The van der Waals surface area contributed by atoms with E-state index in [1.807, 2.05) is 13.8 Å². The van der Waals surface area contributed by atoms with Gasteiger partial charge in [0.05, 0.1) is 6.10 Å². The summed E-state index contributed by atoms with van der Waals surface area (Å²) < 4.78 is 15.7. The van der Waals surface area contributed by atoms with Crippen molar-refractivity contribution >= 4 is 5.91 Å². The van der Waals surface area contributed by atoms with E-state index in [2.05, 4.69) is 10.4 Å². The molecule has 0 saturated heterocycles. The first kappa shape index (κ1) is 17.6. The first-order valence-electron chi connectivity index (χ1n) is 8.84. The Morgan fingerprint density at radius 1 is 1.40 bits per heavy atom. The van der Waals surface area contributed by atoms with Crippen LogP contribution in [0.1, 0.15) is 48.4 Å². The lowest BCUT2D eigenvalue weighted by Crippen LogP contribution is -2.35. The molecule has 1 aromatic heterocycles. The summed E-state index contributed by atoms with van der Waals surface area (Å²) in [6, 6.07) is 6.44. The maximum atomic E-state index is 14.1. The summed E-state index contributed by atoms with van der Waals surface area (Å²) in [5, 5.41) is 17.2. The average Bonchev–Trinajstić information content (AvgIpc) is 3.21. The lowest BCUT2D eigenvalue weighted by atomic mass is 10.0. The summed E-state index contributed by atoms with van der Waals surface area (Å²) in [5.41, 5.74) is 2.49. The highest BCUT2D eigenvalue weighted by Gasteiger charge is 2.28. The van der Waals surface area contributed by atoms with Gasteiger partial charge in [0.15, 0.2) is 5.69 Å². The predicted octanol–water partition coefficient (Wildman–Crippen LogP) is 2.64. The lowest BCUT2D eigenvalue weighted by molar-refractivity contribution is 0.0845. The number of nitrogens with zero attached hydrogens (tertiary/aromatic N) is 2. The second-order valence-corrected chi connectivity index (χ2v) is 6.65. The molecule has 0 saturated carbocycles. The fourth-order valence-corrected chi connectivity index (χ4v) is 3.20. The maximum Gasteiger partial charge on any atom is 0.272 e. The molecule has 134 valence electrons. The fourth-order valence-electron chi connectivity index (χ4n) is 3.20. The van der Waals surface area contributed by atoms with Crippen LogP contribution in [-0.4, -0.2) is 33.4 Å². The van der Waals surface area contributed by atoms with Crippen molar-refractivity contribution in [2.75, 3.05) is 6.54 Å². The summed E-state index contributed by atoms with van der Waals surface area (Å²) in [7, 11) is 0. The molecule has 25 heavy (non-hydrogen) atoms. The van der Waals surface area contributed by atoms with Crippen molar-refractivity contribution in [3.63, 3.8) is 0 Å². The first-order chi connectivity index (χ1) is 12.0. The zero-order valence-electron chi connectivity index (χ0n) is 14.6. The highest BCUT2D eigenvalue weighted by Crippen LogP contribution is 2.28. The van der Waals surface area contributed by atoms with E-state index in [4.69, 9.17) is 0 Å². The molecule has 2 N–H and O–H groups in total. The van der Waals surface area contributed by atoms with Crippen molar-refractivity contribution in [3.8, 4) is 5.69 Å². The molecule has 2 aromatic rings. The Bertz CT molecular complexity index is 772. The molecule has 6 heteroatoms. The number of fused-ring (bicyclic) bond motifs is 1. The van der Waals surface area contributed by atoms with E-state index in [0.717, 1.165) is 36.9 Å². The Balaban J connectivity index is 1.85. The van der Waals surface area contributed by atoms with Crippen LogP contribution in [0, 0.1) is 11.7 Å². The van der Waals surface area contributed by atoms with E-state index in [-0.39, 0.29) is 24.2 Å². The van der Waals surface area contributed by atoms with Gasteiger partial charge in [0.2, 0.25) is 0 Å². The summed E-state index contributed by atoms with van der Waals surface area (Å²) in [6.45, 7) is 4.13. The van der Waals surface area contributed by atoms with Gasteiger partial charge in [-0.2, -0.15) is 5.10 Å². The molecule has 1 heterocycles. The van der Waals surface area contributed by atoms with Crippen LogP contribution < -0.4 is 5.32 Å². The third-order valence-electron chi connectivity index (χ3n) is 5.00. The number of aliphatic hydroxyl groups excluding tert-OH is 1. The van der Waals surface area contributed by atoms with Gasteiger partial charge in [0.25, 0.3) is 5.91 Å². The van der Waals surface area contributed by atoms with Gasteiger partial charge in [0.1, 0.15) is 11.5 Å². The quantitative estimate of drug-likeness (QED) is 0.846. The van der Waals surface area contributed by atoms with Crippen molar-refractivity contribution < 1.29 is 14.3 Å². The number of benzene rings is 1. The molecular formula is C19H24FN3O2. The third-order valence-corrected chi connectivity index (χ3v) is 5.00. The molecule has 1 aromatic carbocycles. The molecule has 1 aliphatic rings. The lowest BCUT2D eigenvalue weighted by Gasteiger charge is -2.17. The Labute approximate surface area is 146 Å². The number of hydrogen-bond donors (Lipinski definition) is 2. The summed E-state index contributed by atoms with van der Waals surface area (Å²) >= 11 is 0. The third kappa shape index (κ3) is 3.44. The summed E-state index contributed by atoms with van der Waals surface area (Å²) in [4.78, 5) is 12.6. The SMILES string of the molecule is CCC(C)C(O)CNC(=O)c1nn(-c2ccccc2F)c2c1CCC2. The van der Waals surface area contributed by atoms with Gasteiger partial charge in [-0.3, -0.25) is 4.79 Å². The van der Waals surface area contributed by atoms with Gasteiger partial charge in [-0.15, -0.1) is 0 Å². The van der Waals surface area contributed by atoms with Gasteiger partial charge < -0.3 is 10.4 Å². The number of carbonyl (C=O) groups is 1. The van der Waals surface area contributed by atoms with Crippen LogP contribution in [-0.2, 0) is 12.8 Å². The van der Waals surface area contributed by atoms with Gasteiger partial charge in [0, 0.05) is 17.8 Å². The topological polar surface area (TPSA) is 67.2 Å². The molecule has 2 unspecified atom stereocenters. The van der Waals surface area contributed by atoms with Crippen LogP contribution in [0.5, 0.6) is 0 Å². The average molecular weight is 345 g/mol. The molecule has 5 nitrogen and oxygen atoms in total. The molecule has 1 amide bonds. The minimum absolute atomic E-state index is 0.113. The van der Waals surface area contributed by atoms with E-state index >= 15 is 0 Å². The van der Waals surface area contributed by atoms with Gasteiger partial charge in [-0.25, -0.2) is 9.07 Å². The largest absolute Gasteiger partial charge is 0.391 e. The number of aromatic nitrogens is 2. The molecular weight excluding hydrogens is 321 g/mol. The van der Waals surface area contributed by atoms with Crippen LogP contribution in [0.25, 0.3) is 5.69 Å². The van der Waals surface area contributed by atoms with Gasteiger partial charge in [-0.05, 0) is 37.3 Å². The standard InChI is InChI=1S/C19H24FN3O2/c1-3-12(2)17(24)11-21-19(25)18-13-7-6-10-15(13)23(22-18)16-9-5-4-8-14(16)20/h4-5,8-9,12,17,24H,3,6-7,10-11H2,1-2H3,(H,21,25). The fraction of sp³-hybridized carbons (Fsp3) is 0.474. The van der Waals surface area contributed by atoms with Gasteiger partial charge >= 0.3 is 0 Å². The van der Waals surface area contributed by atoms with E-state index < -0.39 is 6.10 Å². The smallest absolute Gasteiger partial charge is 0.272 e. The van der Waals surface area contributed by atoms with E-state index in [1.54, 1.807) is 22.9 Å². The van der Waals surface area contributed by atoms with Crippen LogP contribution in [0.4, 0.5) is 4.39 Å². The number of carbonyl (C=O) groups excluding carboxylic acids is 1. The molecule has 2 atom stereocenters. The van der Waals surface area contributed by atoms with Crippen molar-refractivity contribution in [2.45, 2.75) is 45.6 Å². The molecule has 0 spiro atoms. The number of halogens is 1. The number of hydrogen-bond acceptors (Lipinski definition) is 3. The molecule has 1 aliphatic carbocycles. The van der Waals surface area contributed by atoms with Crippen molar-refractivity contribution in [2.24, 2.45) is 5.92 Å². The Morgan fingerprint density at radius 2 is 2.16 bits per heavy atom. The van der Waals surface area contributed by atoms with E-state index in [0.29, 0.717) is 11.4 Å². The Kier molecular flexibility index (Phi) is 5.18. The molecule has 0 radical (unpaired) electrons. The zero-order chi connectivity index (χ0) is 18.0. The first-order valence-corrected chi connectivity index (χ1v) is 8.84. The van der Waals surface area contributed by atoms with Crippen molar-refractivity contribution in [1.82, 2.24) is 15.1 Å². The maximum absolute atomic E-state index is 14.1. The van der Waals surface area contributed by atoms with E-state index in [1.165, 1.54) is 6.07 Å². The van der Waals surface area contributed by atoms with E-state index in [9.17, 15) is 14.3 Å². The van der Waals surface area contributed by atoms with Crippen LogP contribution in [0.15, 0.2) is 24.3 Å². The normalized spacial score (nSPS) is 15.7. The Hall–Kier alpha value is -2.21. The summed E-state index contributed by atoms with van der Waals surface area (Å²) in [6.07, 6.45) is 2.72. The minimum atomic E-state index is -0.587. The summed E-state index contributed by atoms with van der Waals surface area (Å²) in [5.74, 6) is -0.559. The van der Waals surface area contributed by atoms with Crippen LogP contribution in [0.2, 0.25) is 0 Å². The van der Waals surface area contributed by atoms with Crippen LogP contribution in [0.3, 0.4) is 0 Å². The van der Waals surface area contributed by atoms with Crippen molar-refractivity contribution in [3.05, 3.63) is 47.0 Å². The molecule has 0 aliphatic heterocycles. The minimum Gasteiger partial charge on any atom is -0.391 e. The number of amides is 1. The number of nitrogens with one attached hydrogen (secondary N) is 1. The number of para-hydroxylation sites is 1. The number of aliphatic hydroxyl groups is 1. The second kappa shape index (κ2) is 7.35. The monoisotopic (exact) mass is 345 g/mol. The molecule has 0 fully saturated rings. The predicted molar refractivity (Wildman–Crippen MR) is 93.3 cm³/mol. The highest BCUT2D eigenvalue weighted by molar-refractivity contribution is 5.94. The zero-order valence-corrected chi connectivity index (χ0v) is 14.6. The van der Waals surface area contributed by atoms with Crippen molar-refractivity contribution in [1.29, 1.82) is 0 Å². The Morgan fingerprint density at radius 3 is 2.88 bits per heavy atom. The highest BCUT2D eigenvalue weighted by atomic mass is 19.1. The van der Waals surface area contributed by atoms with Gasteiger partial charge in [-0.1, -0.05) is 32.4 Å². The molecule has 3 rings (SSSR count). The van der Waals surface area contributed by atoms with Crippen LogP contribution >= 0.6 is 0 Å². The second-order valence-electron chi connectivity index (χ2n) is 6.65.